The number of aliphatic hydroxyl groups excluding tert-OH is 1. The number of carbonyl (C=O) groups excluding carboxylic acids is 1. The number of carbonyl (C=O) groups is 1. The van der Waals surface area contributed by atoms with Gasteiger partial charge in [0.25, 0.3) is 5.91 Å². The first kappa shape index (κ1) is 36.5. The molecule has 1 amide bonds. The molecule has 12 nitrogen and oxygen atoms in total. The van der Waals surface area contributed by atoms with Crippen LogP contribution in [0.3, 0.4) is 0 Å². The summed E-state index contributed by atoms with van der Waals surface area (Å²) in [5.41, 5.74) is 17.7. The molecule has 0 aliphatic carbocycles. The third-order valence-electron chi connectivity index (χ3n) is 8.40. The molecule has 5 rings (SSSR count). The standard InChI is InChI=1S/C39H42N6O6/c1-48-34-20-15-29(26-35(34)49-2)21-23-41-44-38(47)39(22-8-12-28-10-4-3-5-11-28)36(33-14-7-6-13-31(33)27-42-45-40)51-37(43-39)30-16-18-32(19-17-30)50-25-9-24-46/h3-8,10-20,26,36,41,46H,9,21-25,27H2,1-2H3,(H,44,47)/b12-8+/t36-,39-/m0/s1. The number of benzene rings is 4. The minimum Gasteiger partial charge on any atom is -0.494 e. The number of azide groups is 1. The Bertz CT molecular complexity index is 1860. The van der Waals surface area contributed by atoms with Crippen LogP contribution in [0.1, 0.15) is 46.8 Å². The molecule has 0 bridgehead atoms. The van der Waals surface area contributed by atoms with Crippen LogP contribution in [0.15, 0.2) is 113 Å². The van der Waals surface area contributed by atoms with Crippen molar-refractivity contribution >= 4 is 17.9 Å². The van der Waals surface area contributed by atoms with Crippen LogP contribution in [-0.2, 0) is 22.5 Å². The van der Waals surface area contributed by atoms with E-state index in [2.05, 4.69) is 20.9 Å². The molecule has 0 saturated carbocycles. The van der Waals surface area contributed by atoms with Gasteiger partial charge in [0.05, 0.1) is 27.4 Å². The summed E-state index contributed by atoms with van der Waals surface area (Å²) in [6, 6.07) is 30.2. The molecule has 0 fully saturated rings. The van der Waals surface area contributed by atoms with Crippen molar-refractivity contribution in [3.05, 3.63) is 141 Å². The summed E-state index contributed by atoms with van der Waals surface area (Å²) in [5, 5.41) is 12.9. The van der Waals surface area contributed by atoms with Crippen LogP contribution >= 0.6 is 0 Å². The number of rotatable bonds is 18. The Morgan fingerprint density at radius 3 is 2.53 bits per heavy atom. The van der Waals surface area contributed by atoms with Crippen molar-refractivity contribution in [2.75, 3.05) is 34.0 Å². The zero-order valence-electron chi connectivity index (χ0n) is 28.7. The van der Waals surface area contributed by atoms with Gasteiger partial charge >= 0.3 is 0 Å². The molecule has 3 N–H and O–H groups in total. The van der Waals surface area contributed by atoms with Crippen molar-refractivity contribution < 1.29 is 28.8 Å². The molecule has 0 saturated heterocycles. The number of aliphatic imine (C=N–C) groups is 1. The third-order valence-corrected chi connectivity index (χ3v) is 8.40. The highest BCUT2D eigenvalue weighted by atomic mass is 16.5. The molecule has 4 aromatic carbocycles. The molecule has 1 heterocycles. The van der Waals surface area contributed by atoms with Crippen molar-refractivity contribution in [1.29, 1.82) is 0 Å². The number of hydrazine groups is 1. The maximum atomic E-state index is 14.5. The van der Waals surface area contributed by atoms with Gasteiger partial charge in [-0.1, -0.05) is 77.9 Å². The topological polar surface area (TPSA) is 159 Å². The molecule has 0 spiro atoms. The summed E-state index contributed by atoms with van der Waals surface area (Å²) in [4.78, 5) is 22.6. The summed E-state index contributed by atoms with van der Waals surface area (Å²) in [6.45, 7) is 0.917. The second kappa shape index (κ2) is 18.3. The van der Waals surface area contributed by atoms with E-state index in [-0.39, 0.29) is 25.5 Å². The number of nitrogens with one attached hydrogen (secondary N) is 2. The van der Waals surface area contributed by atoms with E-state index in [9.17, 15) is 4.79 Å². The average molecular weight is 691 g/mol. The second-order valence-electron chi connectivity index (χ2n) is 11.7. The Kier molecular flexibility index (Phi) is 13.1. The van der Waals surface area contributed by atoms with Crippen LogP contribution in [0, 0.1) is 0 Å². The molecule has 12 heteroatoms. The lowest BCUT2D eigenvalue weighted by Crippen LogP contribution is -2.53. The maximum absolute atomic E-state index is 14.5. The van der Waals surface area contributed by atoms with Crippen LogP contribution in [0.5, 0.6) is 17.2 Å². The Morgan fingerprint density at radius 1 is 1.02 bits per heavy atom. The molecule has 0 radical (unpaired) electrons. The highest BCUT2D eigenvalue weighted by Crippen LogP contribution is 2.44. The van der Waals surface area contributed by atoms with Gasteiger partial charge in [0.15, 0.2) is 23.1 Å². The van der Waals surface area contributed by atoms with Crippen LogP contribution in [0.2, 0.25) is 0 Å². The lowest BCUT2D eigenvalue weighted by atomic mass is 9.82. The molecular weight excluding hydrogens is 648 g/mol. The number of methoxy groups -OCH3 is 2. The largest absolute Gasteiger partial charge is 0.494 e. The van der Waals surface area contributed by atoms with Crippen LogP contribution in [-0.4, -0.2) is 56.4 Å². The predicted molar refractivity (Wildman–Crippen MR) is 196 cm³/mol. The summed E-state index contributed by atoms with van der Waals surface area (Å²) in [6.07, 6.45) is 4.32. The Labute approximate surface area is 297 Å². The van der Waals surface area contributed by atoms with E-state index >= 15 is 0 Å². The molecule has 1 aliphatic heterocycles. The Morgan fingerprint density at radius 2 is 1.78 bits per heavy atom. The highest BCUT2D eigenvalue weighted by molar-refractivity contribution is 6.01. The first-order valence-corrected chi connectivity index (χ1v) is 16.7. The van der Waals surface area contributed by atoms with Crippen LogP contribution in [0.4, 0.5) is 0 Å². The zero-order chi connectivity index (χ0) is 35.9. The number of hydrogen-bond acceptors (Lipinski definition) is 9. The Balaban J connectivity index is 1.48. The minimum absolute atomic E-state index is 0.0409. The normalized spacial score (nSPS) is 16.5. The van der Waals surface area contributed by atoms with E-state index in [0.717, 1.165) is 16.7 Å². The molecule has 2 atom stereocenters. The fraction of sp³-hybridized carbons (Fsp3) is 0.282. The van der Waals surface area contributed by atoms with Gasteiger partial charge in [0, 0.05) is 36.5 Å². The number of ether oxygens (including phenoxy) is 4. The summed E-state index contributed by atoms with van der Waals surface area (Å²) < 4.78 is 23.2. The van der Waals surface area contributed by atoms with Gasteiger partial charge in [-0.3, -0.25) is 10.2 Å². The third kappa shape index (κ3) is 9.25. The lowest BCUT2D eigenvalue weighted by molar-refractivity contribution is -0.129. The first-order valence-electron chi connectivity index (χ1n) is 16.7. The van der Waals surface area contributed by atoms with E-state index in [1.807, 2.05) is 97.1 Å². The smallest absolute Gasteiger partial charge is 0.266 e. The van der Waals surface area contributed by atoms with Crippen molar-refractivity contribution in [1.82, 2.24) is 10.9 Å². The molecule has 0 unspecified atom stereocenters. The van der Waals surface area contributed by atoms with E-state index in [1.54, 1.807) is 26.4 Å². The van der Waals surface area contributed by atoms with Crippen LogP contribution < -0.4 is 25.1 Å². The lowest BCUT2D eigenvalue weighted by Gasteiger charge is -2.31. The van der Waals surface area contributed by atoms with E-state index in [0.29, 0.717) is 54.4 Å². The maximum Gasteiger partial charge on any atom is 0.266 e. The van der Waals surface area contributed by atoms with Crippen molar-refractivity contribution in [2.24, 2.45) is 10.1 Å². The van der Waals surface area contributed by atoms with Crippen molar-refractivity contribution in [2.45, 2.75) is 37.5 Å². The van der Waals surface area contributed by atoms with E-state index in [1.165, 1.54) is 0 Å². The fourth-order valence-corrected chi connectivity index (χ4v) is 5.77. The first-order chi connectivity index (χ1) is 25.0. The number of aliphatic hydroxyl groups is 1. The SMILES string of the molecule is COc1ccc(CCNNC(=O)[C@@]2(C/C=C/c3ccccc3)N=C(c3ccc(OCCCO)cc3)O[C@H]2c2ccccc2CN=[N+]=[N-])cc1OC. The number of nitrogens with zero attached hydrogens (tertiary/aromatic N) is 4. The molecule has 264 valence electrons. The summed E-state index contributed by atoms with van der Waals surface area (Å²) in [7, 11) is 3.18. The Hall–Kier alpha value is -5.81. The molecule has 51 heavy (non-hydrogen) atoms. The van der Waals surface area contributed by atoms with Gasteiger partial charge in [0.2, 0.25) is 5.90 Å². The average Bonchev–Trinajstić information content (AvgIpc) is 3.56. The van der Waals surface area contributed by atoms with Crippen LogP contribution in [0.25, 0.3) is 16.5 Å². The molecule has 1 aliphatic rings. The zero-order valence-corrected chi connectivity index (χ0v) is 28.7. The number of amides is 1. The molecule has 0 aromatic heterocycles. The van der Waals surface area contributed by atoms with Gasteiger partial charge in [-0.25, -0.2) is 10.4 Å². The summed E-state index contributed by atoms with van der Waals surface area (Å²) in [5.74, 6) is 1.79. The number of hydrogen-bond donors (Lipinski definition) is 3. The van der Waals surface area contributed by atoms with Crippen molar-refractivity contribution in [3.8, 4) is 17.2 Å². The van der Waals surface area contributed by atoms with Gasteiger partial charge in [-0.15, -0.1) is 0 Å². The van der Waals surface area contributed by atoms with Gasteiger partial charge < -0.3 is 24.1 Å². The minimum atomic E-state index is -1.46. The quantitative estimate of drug-likeness (QED) is 0.0353. The van der Waals surface area contributed by atoms with Gasteiger partial charge in [-0.05, 0) is 70.6 Å². The summed E-state index contributed by atoms with van der Waals surface area (Å²) >= 11 is 0. The molecule has 4 aromatic rings. The highest BCUT2D eigenvalue weighted by Gasteiger charge is 2.53. The monoisotopic (exact) mass is 690 g/mol. The van der Waals surface area contributed by atoms with E-state index in [4.69, 9.17) is 34.6 Å². The second-order valence-corrected chi connectivity index (χ2v) is 11.7. The van der Waals surface area contributed by atoms with Gasteiger partial charge in [0.1, 0.15) is 5.75 Å². The van der Waals surface area contributed by atoms with Crippen molar-refractivity contribution in [3.63, 3.8) is 0 Å². The predicted octanol–water partition coefficient (Wildman–Crippen LogP) is 6.50. The fourth-order valence-electron chi connectivity index (χ4n) is 5.77. The van der Waals surface area contributed by atoms with Gasteiger partial charge in [-0.2, -0.15) is 0 Å². The van der Waals surface area contributed by atoms with E-state index < -0.39 is 17.6 Å². The molecular formula is C39H42N6O6.